The molecule has 2 aromatic heterocycles. The van der Waals surface area contributed by atoms with Crippen molar-refractivity contribution in [2.75, 3.05) is 21.7 Å². The third-order valence-electron chi connectivity index (χ3n) is 5.71. The van der Waals surface area contributed by atoms with E-state index in [0.29, 0.717) is 29.4 Å². The lowest BCUT2D eigenvalue weighted by atomic mass is 10.2. The molecule has 0 aliphatic heterocycles. The quantitative estimate of drug-likeness (QED) is 0.272. The maximum Gasteiger partial charge on any atom is 0.416 e. The minimum absolute atomic E-state index is 0.136. The van der Waals surface area contributed by atoms with Gasteiger partial charge in [0.05, 0.1) is 11.3 Å². The third kappa shape index (κ3) is 5.01. The first-order chi connectivity index (χ1) is 17.6. The highest BCUT2D eigenvalue weighted by Gasteiger charge is 2.32. The molecule has 190 valence electrons. The van der Waals surface area contributed by atoms with Gasteiger partial charge in [0.15, 0.2) is 5.69 Å². The number of hydrogen-bond acceptors (Lipinski definition) is 5. The molecule has 0 unspecified atom stereocenters. The Kier molecular flexibility index (Phi) is 5.90. The van der Waals surface area contributed by atoms with Gasteiger partial charge in [-0.1, -0.05) is 0 Å². The van der Waals surface area contributed by atoms with Gasteiger partial charge in [-0.25, -0.2) is 19.2 Å². The molecule has 0 radical (unpaired) electrons. The fourth-order valence-corrected chi connectivity index (χ4v) is 3.78. The van der Waals surface area contributed by atoms with Gasteiger partial charge in [0.25, 0.3) is 5.91 Å². The molecule has 1 fully saturated rings. The van der Waals surface area contributed by atoms with E-state index in [1.165, 1.54) is 24.3 Å². The van der Waals surface area contributed by atoms with Crippen LogP contribution in [-0.2, 0) is 6.18 Å². The predicted octanol–water partition coefficient (Wildman–Crippen LogP) is 5.24. The molecule has 2 aromatic carbocycles. The number of nitrogens with two attached hydrogens (primary N) is 1. The molecule has 13 heteroatoms. The van der Waals surface area contributed by atoms with Crippen LogP contribution in [-0.4, -0.2) is 26.3 Å². The Labute approximate surface area is 206 Å². The molecule has 0 atom stereocenters. The molecule has 4 aromatic rings. The number of aromatic nitrogens is 3. The molecular weight excluding hydrogens is 494 g/mol. The zero-order valence-electron chi connectivity index (χ0n) is 18.9. The zero-order chi connectivity index (χ0) is 26.3. The van der Waals surface area contributed by atoms with Crippen molar-refractivity contribution in [3.05, 3.63) is 77.8 Å². The number of nitrogen functional groups attached to an aromatic ring is 1. The summed E-state index contributed by atoms with van der Waals surface area (Å²) in [6, 6.07) is 6.66. The summed E-state index contributed by atoms with van der Waals surface area (Å²) in [6.45, 7) is 0. The minimum atomic E-state index is -4.69. The molecule has 1 aliphatic carbocycles. The zero-order valence-corrected chi connectivity index (χ0v) is 18.9. The Hall–Kier alpha value is -4.68. The molecule has 0 spiro atoms. The molecule has 5 N–H and O–H groups in total. The molecule has 37 heavy (non-hydrogen) atoms. The maximum atomic E-state index is 13.9. The number of fused-ring (bicyclic) bond motifs is 1. The first kappa shape index (κ1) is 24.0. The Morgan fingerprint density at radius 2 is 1.68 bits per heavy atom. The van der Waals surface area contributed by atoms with Crippen molar-refractivity contribution in [3.63, 3.8) is 0 Å². The number of amides is 3. The highest BCUT2D eigenvalue weighted by molar-refractivity contribution is 6.09. The summed E-state index contributed by atoms with van der Waals surface area (Å²) in [7, 11) is 0. The first-order valence-corrected chi connectivity index (χ1v) is 11.1. The van der Waals surface area contributed by atoms with Crippen LogP contribution >= 0.6 is 0 Å². The second-order valence-electron chi connectivity index (χ2n) is 8.43. The number of rotatable bonds is 5. The number of anilines is 4. The molecule has 5 rings (SSSR count). The second-order valence-corrected chi connectivity index (χ2v) is 8.43. The Balaban J connectivity index is 1.26. The van der Waals surface area contributed by atoms with Crippen molar-refractivity contribution in [1.29, 1.82) is 0 Å². The van der Waals surface area contributed by atoms with Crippen molar-refractivity contribution in [2.45, 2.75) is 24.9 Å². The van der Waals surface area contributed by atoms with E-state index in [0.717, 1.165) is 18.7 Å². The van der Waals surface area contributed by atoms with E-state index >= 15 is 0 Å². The summed E-state index contributed by atoms with van der Waals surface area (Å²) < 4.78 is 54.2. The van der Waals surface area contributed by atoms with E-state index in [-0.39, 0.29) is 23.1 Å². The summed E-state index contributed by atoms with van der Waals surface area (Å²) in [5, 5.41) is 7.16. The first-order valence-electron chi connectivity index (χ1n) is 11.1. The summed E-state index contributed by atoms with van der Waals surface area (Å²) >= 11 is 0. The van der Waals surface area contributed by atoms with Crippen LogP contribution in [0.25, 0.3) is 5.52 Å². The van der Waals surface area contributed by atoms with Crippen LogP contribution in [0.5, 0.6) is 0 Å². The van der Waals surface area contributed by atoms with Crippen LogP contribution in [0.2, 0.25) is 0 Å². The highest BCUT2D eigenvalue weighted by atomic mass is 19.4. The average molecular weight is 513 g/mol. The van der Waals surface area contributed by atoms with Gasteiger partial charge in [-0.15, -0.1) is 0 Å². The molecule has 1 aliphatic rings. The fraction of sp³-hybridized carbons (Fsp3) is 0.167. The normalized spacial score (nSPS) is 13.4. The molecule has 9 nitrogen and oxygen atoms in total. The smallest absolute Gasteiger partial charge is 0.382 e. The number of alkyl halides is 3. The number of nitrogens with zero attached hydrogens (tertiary/aromatic N) is 3. The lowest BCUT2D eigenvalue weighted by molar-refractivity contribution is -0.137. The highest BCUT2D eigenvalue weighted by Crippen LogP contribution is 2.40. The Bertz CT molecular complexity index is 1510. The lowest BCUT2D eigenvalue weighted by Crippen LogP contribution is -2.20. The topological polar surface area (TPSA) is 126 Å². The van der Waals surface area contributed by atoms with Crippen molar-refractivity contribution in [1.82, 2.24) is 14.4 Å². The molecule has 3 amide bonds. The van der Waals surface area contributed by atoms with E-state index in [1.54, 1.807) is 16.8 Å². The maximum absolute atomic E-state index is 13.9. The van der Waals surface area contributed by atoms with Crippen LogP contribution in [0.1, 0.15) is 40.6 Å². The SMILES string of the molecule is Nc1nccn2c(C3CC3)nc(C(=O)Nc3ccc(NC(=O)Nc4cc(C(F)(F)F)ccc4F)cc3)c12. The van der Waals surface area contributed by atoms with Crippen molar-refractivity contribution < 1.29 is 27.2 Å². The standard InChI is InChI=1S/C24H19F4N7O2/c25-16-8-3-13(24(26,27)28)11-17(16)33-23(37)32-15-6-4-14(5-7-15)31-22(36)18-19-20(29)30-9-10-35(19)21(34-18)12-1-2-12/h3-12H,1-2H2,(H2,29,30)(H,31,36)(H2,32,33,37). The Morgan fingerprint density at radius 1 is 1.00 bits per heavy atom. The number of carbonyl (C=O) groups excluding carboxylic acids is 2. The van der Waals surface area contributed by atoms with Gasteiger partial charge in [-0.2, -0.15) is 13.2 Å². The van der Waals surface area contributed by atoms with Gasteiger partial charge in [-0.3, -0.25) is 9.20 Å². The molecule has 0 saturated heterocycles. The van der Waals surface area contributed by atoms with Gasteiger partial charge in [0.1, 0.15) is 23.0 Å². The minimum Gasteiger partial charge on any atom is -0.382 e. The van der Waals surface area contributed by atoms with Gasteiger partial charge < -0.3 is 21.7 Å². The molecule has 1 saturated carbocycles. The lowest BCUT2D eigenvalue weighted by Gasteiger charge is -2.12. The second kappa shape index (κ2) is 9.08. The molecule has 2 heterocycles. The number of carbonyl (C=O) groups is 2. The van der Waals surface area contributed by atoms with Crippen molar-refractivity contribution >= 4 is 40.3 Å². The summed E-state index contributed by atoms with van der Waals surface area (Å²) in [6.07, 6.45) is 0.516. The fourth-order valence-electron chi connectivity index (χ4n) is 3.78. The van der Waals surface area contributed by atoms with Gasteiger partial charge in [-0.05, 0) is 55.3 Å². The number of urea groups is 1. The number of imidazole rings is 1. The number of nitrogens with one attached hydrogen (secondary N) is 3. The number of benzene rings is 2. The largest absolute Gasteiger partial charge is 0.416 e. The van der Waals surface area contributed by atoms with E-state index < -0.39 is 35.2 Å². The average Bonchev–Trinajstić information content (AvgIpc) is 3.61. The van der Waals surface area contributed by atoms with Crippen molar-refractivity contribution in [2.24, 2.45) is 0 Å². The summed E-state index contributed by atoms with van der Waals surface area (Å²) in [5.74, 6) is -0.333. The van der Waals surface area contributed by atoms with Crippen LogP contribution in [0.3, 0.4) is 0 Å². The molecule has 0 bridgehead atoms. The van der Waals surface area contributed by atoms with Crippen LogP contribution in [0, 0.1) is 5.82 Å². The van der Waals surface area contributed by atoms with E-state index in [1.807, 2.05) is 0 Å². The third-order valence-corrected chi connectivity index (χ3v) is 5.71. The Morgan fingerprint density at radius 3 is 2.32 bits per heavy atom. The predicted molar refractivity (Wildman–Crippen MR) is 128 cm³/mol. The number of hydrogen-bond donors (Lipinski definition) is 4. The van der Waals surface area contributed by atoms with Gasteiger partial charge in [0, 0.05) is 29.7 Å². The van der Waals surface area contributed by atoms with Crippen LogP contribution in [0.4, 0.5) is 45.2 Å². The van der Waals surface area contributed by atoms with Gasteiger partial charge in [0.2, 0.25) is 0 Å². The van der Waals surface area contributed by atoms with Crippen LogP contribution < -0.4 is 21.7 Å². The van der Waals surface area contributed by atoms with E-state index in [9.17, 15) is 27.2 Å². The monoisotopic (exact) mass is 513 g/mol. The molecular formula is C24H19F4N7O2. The van der Waals surface area contributed by atoms with Crippen molar-refractivity contribution in [3.8, 4) is 0 Å². The summed E-state index contributed by atoms with van der Waals surface area (Å²) in [4.78, 5) is 33.7. The van der Waals surface area contributed by atoms with Gasteiger partial charge >= 0.3 is 12.2 Å². The van der Waals surface area contributed by atoms with E-state index in [4.69, 9.17) is 5.73 Å². The van der Waals surface area contributed by atoms with Crippen LogP contribution in [0.15, 0.2) is 54.9 Å². The van der Waals surface area contributed by atoms with E-state index in [2.05, 4.69) is 25.9 Å². The number of halogens is 4. The summed E-state index contributed by atoms with van der Waals surface area (Å²) in [5.41, 5.74) is 5.47.